The summed E-state index contributed by atoms with van der Waals surface area (Å²) >= 11 is 1.79. The standard InChI is InChI=1S/C11H18N2OS/c1-3-13-11(14)6-7-12-8-10-5-4-9(2)15-10/h4-5,12H,3,6-8H2,1-2H3,(H,13,14). The van der Waals surface area contributed by atoms with E-state index in [1.54, 1.807) is 11.3 Å². The molecule has 0 aliphatic heterocycles. The van der Waals surface area contributed by atoms with Crippen LogP contribution in [0.1, 0.15) is 23.1 Å². The summed E-state index contributed by atoms with van der Waals surface area (Å²) in [6.07, 6.45) is 0.554. The molecule has 0 saturated carbocycles. The van der Waals surface area contributed by atoms with Gasteiger partial charge in [0.05, 0.1) is 0 Å². The number of hydrogen-bond donors (Lipinski definition) is 2. The molecule has 2 N–H and O–H groups in total. The Morgan fingerprint density at radius 1 is 1.47 bits per heavy atom. The van der Waals surface area contributed by atoms with E-state index in [9.17, 15) is 4.79 Å². The highest BCUT2D eigenvalue weighted by molar-refractivity contribution is 7.11. The van der Waals surface area contributed by atoms with Crippen LogP contribution in [-0.4, -0.2) is 19.0 Å². The smallest absolute Gasteiger partial charge is 0.221 e. The van der Waals surface area contributed by atoms with E-state index in [1.165, 1.54) is 9.75 Å². The number of aryl methyl sites for hydroxylation is 1. The zero-order valence-corrected chi connectivity index (χ0v) is 10.1. The van der Waals surface area contributed by atoms with E-state index in [0.717, 1.165) is 13.1 Å². The van der Waals surface area contributed by atoms with Gasteiger partial charge in [0.1, 0.15) is 0 Å². The summed E-state index contributed by atoms with van der Waals surface area (Å²) in [5.74, 6) is 0.118. The van der Waals surface area contributed by atoms with Crippen molar-refractivity contribution < 1.29 is 4.79 Å². The highest BCUT2D eigenvalue weighted by Gasteiger charge is 1.99. The Labute approximate surface area is 94.9 Å². The molecule has 0 aliphatic rings. The Kier molecular flexibility index (Phi) is 5.36. The van der Waals surface area contributed by atoms with Crippen molar-refractivity contribution in [3.8, 4) is 0 Å². The molecule has 0 atom stereocenters. The summed E-state index contributed by atoms with van der Waals surface area (Å²) in [6.45, 7) is 6.34. The number of carbonyl (C=O) groups excluding carboxylic acids is 1. The van der Waals surface area contributed by atoms with Crippen LogP contribution >= 0.6 is 11.3 Å². The summed E-state index contributed by atoms with van der Waals surface area (Å²) in [5.41, 5.74) is 0. The summed E-state index contributed by atoms with van der Waals surface area (Å²) in [5, 5.41) is 6.03. The van der Waals surface area contributed by atoms with Crippen molar-refractivity contribution in [2.24, 2.45) is 0 Å². The summed E-state index contributed by atoms with van der Waals surface area (Å²) < 4.78 is 0. The number of rotatable bonds is 6. The molecule has 0 spiro atoms. The van der Waals surface area contributed by atoms with Gasteiger partial charge < -0.3 is 10.6 Å². The molecule has 1 heterocycles. The molecular weight excluding hydrogens is 208 g/mol. The molecule has 1 amide bonds. The molecule has 0 saturated heterocycles. The third-order valence-corrected chi connectivity index (χ3v) is 3.00. The molecular formula is C11H18N2OS. The third-order valence-electron chi connectivity index (χ3n) is 2.00. The van der Waals surface area contributed by atoms with Gasteiger partial charge in [-0.15, -0.1) is 11.3 Å². The number of hydrogen-bond acceptors (Lipinski definition) is 3. The van der Waals surface area contributed by atoms with Gasteiger partial charge in [0.15, 0.2) is 0 Å². The molecule has 1 aromatic heterocycles. The predicted octanol–water partition coefficient (Wildman–Crippen LogP) is 1.67. The zero-order chi connectivity index (χ0) is 11.1. The quantitative estimate of drug-likeness (QED) is 0.725. The first-order valence-corrected chi connectivity index (χ1v) is 6.06. The SMILES string of the molecule is CCNC(=O)CCNCc1ccc(C)s1. The number of nitrogens with one attached hydrogen (secondary N) is 2. The summed E-state index contributed by atoms with van der Waals surface area (Å²) in [7, 11) is 0. The molecule has 0 bridgehead atoms. The Morgan fingerprint density at radius 2 is 2.27 bits per heavy atom. The van der Waals surface area contributed by atoms with Crippen LogP contribution in [0.15, 0.2) is 12.1 Å². The van der Waals surface area contributed by atoms with Crippen molar-refractivity contribution in [3.63, 3.8) is 0 Å². The van der Waals surface area contributed by atoms with Crippen molar-refractivity contribution in [2.75, 3.05) is 13.1 Å². The molecule has 0 unspecified atom stereocenters. The van der Waals surface area contributed by atoms with Crippen molar-refractivity contribution in [1.29, 1.82) is 0 Å². The minimum absolute atomic E-state index is 0.118. The van der Waals surface area contributed by atoms with Crippen LogP contribution in [0.25, 0.3) is 0 Å². The van der Waals surface area contributed by atoms with Gasteiger partial charge in [-0.2, -0.15) is 0 Å². The topological polar surface area (TPSA) is 41.1 Å². The Bertz CT molecular complexity index is 309. The highest BCUT2D eigenvalue weighted by Crippen LogP contribution is 2.14. The Morgan fingerprint density at radius 3 is 2.87 bits per heavy atom. The Balaban J connectivity index is 2.09. The maximum Gasteiger partial charge on any atom is 0.221 e. The van der Waals surface area contributed by atoms with E-state index in [4.69, 9.17) is 0 Å². The van der Waals surface area contributed by atoms with Gasteiger partial charge in [0.25, 0.3) is 0 Å². The first-order chi connectivity index (χ1) is 7.22. The average Bonchev–Trinajstić information content (AvgIpc) is 2.60. The second kappa shape index (κ2) is 6.58. The molecule has 3 nitrogen and oxygen atoms in total. The lowest BCUT2D eigenvalue weighted by atomic mass is 10.3. The van der Waals surface area contributed by atoms with E-state index >= 15 is 0 Å². The largest absolute Gasteiger partial charge is 0.356 e. The third kappa shape index (κ3) is 4.95. The van der Waals surface area contributed by atoms with Gasteiger partial charge in [-0.1, -0.05) is 0 Å². The first-order valence-electron chi connectivity index (χ1n) is 5.25. The van der Waals surface area contributed by atoms with E-state index in [0.29, 0.717) is 13.0 Å². The molecule has 0 radical (unpaired) electrons. The van der Waals surface area contributed by atoms with Crippen molar-refractivity contribution in [1.82, 2.24) is 10.6 Å². The van der Waals surface area contributed by atoms with Crippen molar-refractivity contribution in [2.45, 2.75) is 26.8 Å². The van der Waals surface area contributed by atoms with Gasteiger partial charge in [-0.05, 0) is 26.0 Å². The van der Waals surface area contributed by atoms with E-state index in [1.807, 2.05) is 6.92 Å². The molecule has 84 valence electrons. The second-order valence-electron chi connectivity index (χ2n) is 3.39. The number of amides is 1. The van der Waals surface area contributed by atoms with Crippen molar-refractivity contribution in [3.05, 3.63) is 21.9 Å². The van der Waals surface area contributed by atoms with Crippen LogP contribution in [-0.2, 0) is 11.3 Å². The fraction of sp³-hybridized carbons (Fsp3) is 0.545. The predicted molar refractivity (Wildman–Crippen MR) is 64.1 cm³/mol. The molecule has 4 heteroatoms. The number of thiophene rings is 1. The number of carbonyl (C=O) groups is 1. The molecule has 1 rings (SSSR count). The lowest BCUT2D eigenvalue weighted by Gasteiger charge is -2.03. The lowest BCUT2D eigenvalue weighted by molar-refractivity contribution is -0.120. The maximum atomic E-state index is 11.1. The monoisotopic (exact) mass is 226 g/mol. The molecule has 0 aliphatic carbocycles. The molecule has 15 heavy (non-hydrogen) atoms. The van der Waals surface area contributed by atoms with Crippen LogP contribution in [0, 0.1) is 6.92 Å². The highest BCUT2D eigenvalue weighted by atomic mass is 32.1. The first kappa shape index (κ1) is 12.2. The summed E-state index contributed by atoms with van der Waals surface area (Å²) in [6, 6.07) is 4.24. The normalized spacial score (nSPS) is 10.3. The van der Waals surface area contributed by atoms with E-state index in [2.05, 4.69) is 29.7 Å². The second-order valence-corrected chi connectivity index (χ2v) is 4.77. The average molecular weight is 226 g/mol. The van der Waals surface area contributed by atoms with Gasteiger partial charge in [-0.25, -0.2) is 0 Å². The molecule has 0 aromatic carbocycles. The zero-order valence-electron chi connectivity index (χ0n) is 9.30. The van der Waals surface area contributed by atoms with Crippen LogP contribution in [0.4, 0.5) is 0 Å². The van der Waals surface area contributed by atoms with Gasteiger partial charge >= 0.3 is 0 Å². The van der Waals surface area contributed by atoms with Gasteiger partial charge in [-0.3, -0.25) is 4.79 Å². The van der Waals surface area contributed by atoms with Crippen LogP contribution < -0.4 is 10.6 Å². The fourth-order valence-electron chi connectivity index (χ4n) is 1.28. The molecule has 1 aromatic rings. The van der Waals surface area contributed by atoms with Gasteiger partial charge in [0, 0.05) is 35.8 Å². The van der Waals surface area contributed by atoms with Crippen LogP contribution in [0.3, 0.4) is 0 Å². The lowest BCUT2D eigenvalue weighted by Crippen LogP contribution is -2.27. The maximum absolute atomic E-state index is 11.1. The fourth-order valence-corrected chi connectivity index (χ4v) is 2.14. The Hall–Kier alpha value is -0.870. The van der Waals surface area contributed by atoms with Crippen LogP contribution in [0.2, 0.25) is 0 Å². The van der Waals surface area contributed by atoms with Crippen molar-refractivity contribution >= 4 is 17.2 Å². The van der Waals surface area contributed by atoms with Gasteiger partial charge in [0.2, 0.25) is 5.91 Å². The van der Waals surface area contributed by atoms with E-state index in [-0.39, 0.29) is 5.91 Å². The summed E-state index contributed by atoms with van der Waals surface area (Å²) in [4.78, 5) is 13.8. The minimum Gasteiger partial charge on any atom is -0.356 e. The minimum atomic E-state index is 0.118. The van der Waals surface area contributed by atoms with E-state index < -0.39 is 0 Å². The van der Waals surface area contributed by atoms with Crippen LogP contribution in [0.5, 0.6) is 0 Å². The molecule has 0 fully saturated rings.